The summed E-state index contributed by atoms with van der Waals surface area (Å²) in [5.74, 6) is 0. The molecule has 0 amide bonds. The zero-order valence-corrected chi connectivity index (χ0v) is 23.1. The van der Waals surface area contributed by atoms with Crippen LogP contribution in [0.1, 0.15) is 74.7 Å². The van der Waals surface area contributed by atoms with E-state index in [9.17, 15) is 5.11 Å². The molecule has 1 aromatic heterocycles. The Morgan fingerprint density at radius 3 is 1.94 bits per heavy atom. The van der Waals surface area contributed by atoms with Crippen LogP contribution in [0.15, 0.2) is 61.7 Å². The van der Waals surface area contributed by atoms with E-state index < -0.39 is 5.60 Å². The summed E-state index contributed by atoms with van der Waals surface area (Å²) >= 11 is 0. The van der Waals surface area contributed by atoms with Crippen molar-refractivity contribution >= 4 is 17.3 Å². The van der Waals surface area contributed by atoms with Gasteiger partial charge in [-0.05, 0) is 77.3 Å². The predicted molar refractivity (Wildman–Crippen MR) is 155 cm³/mol. The summed E-state index contributed by atoms with van der Waals surface area (Å²) in [4.78, 5) is 2.42. The van der Waals surface area contributed by atoms with Crippen molar-refractivity contribution in [3.05, 3.63) is 95.3 Å². The minimum absolute atomic E-state index is 0.715. The van der Waals surface area contributed by atoms with Gasteiger partial charge in [-0.1, -0.05) is 69.0 Å². The monoisotopic (exact) mass is 472 g/mol. The zero-order chi connectivity index (χ0) is 26.3. The molecule has 0 spiro atoms. The summed E-state index contributed by atoms with van der Waals surface area (Å²) in [6.07, 6.45) is 3.24. The van der Waals surface area contributed by atoms with Crippen molar-refractivity contribution < 1.29 is 5.11 Å². The lowest BCUT2D eigenvalue weighted by atomic mass is 9.98. The van der Waals surface area contributed by atoms with Crippen molar-refractivity contribution in [2.75, 3.05) is 18.0 Å². The second-order valence-electron chi connectivity index (χ2n) is 9.56. The third-order valence-corrected chi connectivity index (χ3v) is 6.39. The molecule has 1 N–H and O–H groups in total. The first-order valence-electron chi connectivity index (χ1n) is 12.7. The predicted octanol–water partition coefficient (Wildman–Crippen LogP) is 8.23. The maximum Gasteiger partial charge on any atom is 0.0840 e. The minimum Gasteiger partial charge on any atom is -0.386 e. The lowest BCUT2D eigenvalue weighted by Crippen LogP contribution is -2.36. The average Bonchev–Trinajstić information content (AvgIpc) is 3.03. The fourth-order valence-electron chi connectivity index (χ4n) is 4.40. The number of benzene rings is 2. The van der Waals surface area contributed by atoms with Crippen molar-refractivity contribution in [1.82, 2.24) is 4.57 Å². The maximum absolute atomic E-state index is 9.58. The maximum atomic E-state index is 9.58. The van der Waals surface area contributed by atoms with Gasteiger partial charge in [-0.15, -0.1) is 0 Å². The number of nitrogens with zero attached hydrogens (tertiary/aromatic N) is 2. The summed E-state index contributed by atoms with van der Waals surface area (Å²) in [7, 11) is 0. The Bertz CT molecular complexity index is 1140. The van der Waals surface area contributed by atoms with E-state index in [-0.39, 0.29) is 0 Å². The summed E-state index contributed by atoms with van der Waals surface area (Å²) in [6, 6.07) is 16.7. The molecule has 3 nitrogen and oxygen atoms in total. The summed E-state index contributed by atoms with van der Waals surface area (Å²) in [6.45, 7) is 26.5. The van der Waals surface area contributed by atoms with Gasteiger partial charge in [0.2, 0.25) is 0 Å². The molecule has 0 aliphatic carbocycles. The van der Waals surface area contributed by atoms with E-state index >= 15 is 0 Å². The van der Waals surface area contributed by atoms with E-state index in [0.29, 0.717) is 0 Å². The van der Waals surface area contributed by atoms with Gasteiger partial charge < -0.3 is 14.6 Å². The average molecular weight is 473 g/mol. The Morgan fingerprint density at radius 2 is 1.51 bits per heavy atom. The largest absolute Gasteiger partial charge is 0.386 e. The van der Waals surface area contributed by atoms with Crippen LogP contribution in [0.4, 0.5) is 5.69 Å². The molecule has 2 aromatic carbocycles. The molecule has 0 radical (unpaired) electrons. The van der Waals surface area contributed by atoms with Gasteiger partial charge in [0.25, 0.3) is 0 Å². The van der Waals surface area contributed by atoms with Crippen LogP contribution >= 0.6 is 0 Å². The fourth-order valence-corrected chi connectivity index (χ4v) is 4.40. The zero-order valence-electron chi connectivity index (χ0n) is 23.1. The van der Waals surface area contributed by atoms with Crippen molar-refractivity contribution in [2.45, 2.75) is 67.4 Å². The highest BCUT2D eigenvalue weighted by Gasteiger charge is 2.19. The first kappa shape index (κ1) is 28.2. The van der Waals surface area contributed by atoms with Gasteiger partial charge in [-0.25, -0.2) is 0 Å². The van der Waals surface area contributed by atoms with Crippen LogP contribution in [0.3, 0.4) is 0 Å². The Hall–Kier alpha value is -3.04. The first-order chi connectivity index (χ1) is 16.5. The van der Waals surface area contributed by atoms with Crippen molar-refractivity contribution in [3.8, 4) is 5.69 Å². The highest BCUT2D eigenvalue weighted by atomic mass is 16.3. The molecule has 4 rings (SSSR count). The molecule has 188 valence electrons. The van der Waals surface area contributed by atoms with Crippen LogP contribution in [0.25, 0.3) is 17.3 Å². The van der Waals surface area contributed by atoms with Crippen LogP contribution in [0, 0.1) is 20.8 Å². The topological polar surface area (TPSA) is 28.4 Å². The second kappa shape index (κ2) is 12.1. The van der Waals surface area contributed by atoms with Crippen LogP contribution in [-0.4, -0.2) is 22.8 Å². The van der Waals surface area contributed by atoms with E-state index in [1.54, 1.807) is 13.8 Å². The third-order valence-electron chi connectivity index (χ3n) is 6.39. The third kappa shape index (κ3) is 6.55. The van der Waals surface area contributed by atoms with Crippen molar-refractivity contribution in [3.63, 3.8) is 0 Å². The Balaban J connectivity index is 0.000000280. The van der Waals surface area contributed by atoms with Crippen LogP contribution in [0.2, 0.25) is 0 Å². The number of hydrogen-bond donors (Lipinski definition) is 1. The Labute approximate surface area is 213 Å². The second-order valence-corrected chi connectivity index (χ2v) is 9.56. The van der Waals surface area contributed by atoms with Gasteiger partial charge in [-0.2, -0.15) is 0 Å². The van der Waals surface area contributed by atoms with E-state index in [0.717, 1.165) is 11.1 Å². The van der Waals surface area contributed by atoms with Crippen LogP contribution in [0.5, 0.6) is 0 Å². The molecular weight excluding hydrogens is 428 g/mol. The molecule has 0 bridgehead atoms. The van der Waals surface area contributed by atoms with Gasteiger partial charge in [0.1, 0.15) is 0 Å². The normalized spacial score (nSPS) is 12.5. The highest BCUT2D eigenvalue weighted by molar-refractivity contribution is 5.76. The van der Waals surface area contributed by atoms with E-state index in [1.807, 2.05) is 51.1 Å². The molecule has 0 atom stereocenters. The molecule has 0 saturated carbocycles. The van der Waals surface area contributed by atoms with Crippen molar-refractivity contribution in [2.24, 2.45) is 0 Å². The van der Waals surface area contributed by atoms with Gasteiger partial charge in [-0.3, -0.25) is 0 Å². The number of aliphatic hydroxyl groups is 1. The number of allylic oxidation sites excluding steroid dienone is 1. The number of anilines is 1. The van der Waals surface area contributed by atoms with E-state index in [1.165, 1.54) is 59.0 Å². The number of hydrogen-bond acceptors (Lipinski definition) is 2. The molecule has 1 aliphatic heterocycles. The summed E-state index contributed by atoms with van der Waals surface area (Å²) in [5.41, 5.74) is 9.97. The number of aryl methyl sites for hydroxylation is 1. The standard InChI is InChI=1S/C20H24N2.C10H14O.C2H6/c1-6-19-15(4)22(16(5)20(19)14(2)3)18-10-7-9-17(13-18)21-11-8-12-21;1-8-4-6-9(7-5-8)10(2,3)11;1-2/h6-7,9-10,13H,1-2,8,11-12H2,3-5H3;4-7,11H,1-3H3;1-2H3. The SMILES string of the molecule is C=Cc1c(C(=C)C)c(C)n(-c2cccc(N3CCC3)c2)c1C.CC.Cc1ccc(C(C)(C)O)cc1. The Morgan fingerprint density at radius 1 is 0.943 bits per heavy atom. The van der Waals surface area contributed by atoms with Gasteiger partial charge in [0.05, 0.1) is 5.60 Å². The van der Waals surface area contributed by atoms with E-state index in [4.69, 9.17) is 0 Å². The van der Waals surface area contributed by atoms with Crippen LogP contribution in [-0.2, 0) is 5.60 Å². The number of aromatic nitrogens is 1. The van der Waals surface area contributed by atoms with Crippen LogP contribution < -0.4 is 4.90 Å². The highest BCUT2D eigenvalue weighted by Crippen LogP contribution is 2.33. The molecule has 3 aromatic rings. The van der Waals surface area contributed by atoms with Gasteiger partial charge >= 0.3 is 0 Å². The molecule has 0 unspecified atom stereocenters. The lowest BCUT2D eigenvalue weighted by molar-refractivity contribution is 0.0786. The molecule has 35 heavy (non-hydrogen) atoms. The summed E-state index contributed by atoms with van der Waals surface area (Å²) < 4.78 is 2.32. The van der Waals surface area contributed by atoms with E-state index in [2.05, 4.69) is 67.7 Å². The molecule has 2 heterocycles. The molecule has 1 aliphatic rings. The molecule has 1 saturated heterocycles. The smallest absolute Gasteiger partial charge is 0.0840 e. The molecule has 3 heteroatoms. The molecular formula is C32H44N2O. The van der Waals surface area contributed by atoms with Gasteiger partial charge in [0.15, 0.2) is 0 Å². The first-order valence-corrected chi connectivity index (χ1v) is 12.7. The molecule has 1 fully saturated rings. The van der Waals surface area contributed by atoms with Gasteiger partial charge in [0, 0.05) is 47.0 Å². The summed E-state index contributed by atoms with van der Waals surface area (Å²) in [5, 5.41) is 9.58. The Kier molecular flexibility index (Phi) is 9.73. The minimum atomic E-state index is -0.715. The fraction of sp³-hybridized carbons (Fsp3) is 0.375. The quantitative estimate of drug-likeness (QED) is 0.405. The lowest BCUT2D eigenvalue weighted by Gasteiger charge is -2.33. The number of rotatable bonds is 5. The van der Waals surface area contributed by atoms with Crippen molar-refractivity contribution in [1.29, 1.82) is 0 Å².